The second-order valence-electron chi connectivity index (χ2n) is 5.84. The van der Waals surface area contributed by atoms with E-state index in [1.807, 2.05) is 13.0 Å². The molecule has 23 heavy (non-hydrogen) atoms. The number of aliphatic imine (C=N–C) groups is 1. The standard InChI is InChI=1S/C17H26FN3O2/c1-2-19-17(20-9-14-4-3-5-15(18)8-14)21-10-16(22)12-23-11-13-6-7-13/h3-5,8,13,16,22H,2,6-7,9-12H2,1H3,(H2,19,20,21). The third-order valence-electron chi connectivity index (χ3n) is 3.52. The minimum atomic E-state index is -0.577. The highest BCUT2D eigenvalue weighted by atomic mass is 19.1. The van der Waals surface area contributed by atoms with Crippen LogP contribution in [-0.4, -0.2) is 43.5 Å². The Balaban J connectivity index is 1.73. The monoisotopic (exact) mass is 323 g/mol. The molecule has 0 radical (unpaired) electrons. The molecule has 0 heterocycles. The molecule has 3 N–H and O–H groups in total. The second-order valence-corrected chi connectivity index (χ2v) is 5.84. The Morgan fingerprint density at radius 2 is 2.26 bits per heavy atom. The zero-order valence-electron chi connectivity index (χ0n) is 13.6. The maximum atomic E-state index is 13.1. The summed E-state index contributed by atoms with van der Waals surface area (Å²) in [5.41, 5.74) is 0.801. The molecule has 128 valence electrons. The number of rotatable bonds is 9. The Labute approximate surface area is 137 Å². The highest BCUT2D eigenvalue weighted by molar-refractivity contribution is 5.79. The average Bonchev–Trinajstić information content (AvgIpc) is 3.34. The van der Waals surface area contributed by atoms with Crippen LogP contribution in [0.1, 0.15) is 25.3 Å². The average molecular weight is 323 g/mol. The molecule has 0 aromatic heterocycles. The van der Waals surface area contributed by atoms with Gasteiger partial charge in [-0.2, -0.15) is 0 Å². The number of nitrogens with zero attached hydrogens (tertiary/aromatic N) is 1. The van der Waals surface area contributed by atoms with Crippen molar-refractivity contribution in [2.24, 2.45) is 10.9 Å². The van der Waals surface area contributed by atoms with Gasteiger partial charge >= 0.3 is 0 Å². The largest absolute Gasteiger partial charge is 0.389 e. The van der Waals surface area contributed by atoms with E-state index in [1.165, 1.54) is 25.0 Å². The van der Waals surface area contributed by atoms with Crippen LogP contribution in [0.2, 0.25) is 0 Å². The van der Waals surface area contributed by atoms with Crippen LogP contribution in [0.3, 0.4) is 0 Å². The van der Waals surface area contributed by atoms with E-state index in [2.05, 4.69) is 15.6 Å². The molecule has 0 amide bonds. The molecule has 1 atom stereocenters. The lowest BCUT2D eigenvalue weighted by Crippen LogP contribution is -2.42. The normalized spacial score (nSPS) is 16.2. The van der Waals surface area contributed by atoms with Crippen LogP contribution in [0.25, 0.3) is 0 Å². The third kappa shape index (κ3) is 7.43. The minimum absolute atomic E-state index is 0.265. The van der Waals surface area contributed by atoms with Crippen LogP contribution in [-0.2, 0) is 11.3 Å². The zero-order valence-corrected chi connectivity index (χ0v) is 13.6. The number of ether oxygens (including phenoxy) is 1. The Kier molecular flexibility index (Phi) is 7.29. The molecule has 1 aromatic rings. The van der Waals surface area contributed by atoms with Gasteiger partial charge in [-0.05, 0) is 43.4 Å². The molecule has 0 bridgehead atoms. The second kappa shape index (κ2) is 9.47. The van der Waals surface area contributed by atoms with E-state index in [0.717, 1.165) is 12.2 Å². The Morgan fingerprint density at radius 1 is 1.43 bits per heavy atom. The van der Waals surface area contributed by atoms with Crippen LogP contribution in [0.4, 0.5) is 4.39 Å². The number of nitrogens with one attached hydrogen (secondary N) is 2. The molecule has 1 aliphatic carbocycles. The molecular weight excluding hydrogens is 297 g/mol. The van der Waals surface area contributed by atoms with E-state index in [-0.39, 0.29) is 5.82 Å². The van der Waals surface area contributed by atoms with Gasteiger partial charge in [-0.3, -0.25) is 0 Å². The van der Waals surface area contributed by atoms with Crippen molar-refractivity contribution in [3.63, 3.8) is 0 Å². The first kappa shape index (κ1) is 17.7. The smallest absolute Gasteiger partial charge is 0.191 e. The summed E-state index contributed by atoms with van der Waals surface area (Å²) >= 11 is 0. The van der Waals surface area contributed by atoms with Gasteiger partial charge in [0.1, 0.15) is 5.82 Å². The maximum absolute atomic E-state index is 13.1. The number of hydrogen-bond donors (Lipinski definition) is 3. The van der Waals surface area contributed by atoms with Gasteiger partial charge in [-0.1, -0.05) is 12.1 Å². The summed E-state index contributed by atoms with van der Waals surface area (Å²) in [6.45, 7) is 4.48. The first-order chi connectivity index (χ1) is 11.2. The summed E-state index contributed by atoms with van der Waals surface area (Å²) in [4.78, 5) is 4.39. The molecule has 6 heteroatoms. The highest BCUT2D eigenvalue weighted by Crippen LogP contribution is 2.28. The topological polar surface area (TPSA) is 65.9 Å². The van der Waals surface area contributed by atoms with E-state index in [4.69, 9.17) is 4.74 Å². The van der Waals surface area contributed by atoms with E-state index < -0.39 is 6.10 Å². The summed E-state index contributed by atoms with van der Waals surface area (Å²) in [5.74, 6) is 1.03. The number of benzene rings is 1. The predicted molar refractivity (Wildman–Crippen MR) is 88.8 cm³/mol. The minimum Gasteiger partial charge on any atom is -0.389 e. The lowest BCUT2D eigenvalue weighted by atomic mass is 10.2. The SMILES string of the molecule is CCNC(=NCc1cccc(F)c1)NCC(O)COCC1CC1. The molecule has 2 rings (SSSR count). The number of guanidine groups is 1. The van der Waals surface area contributed by atoms with Crippen molar-refractivity contribution in [1.82, 2.24) is 10.6 Å². The summed E-state index contributed by atoms with van der Waals surface area (Å²) in [6.07, 6.45) is 1.91. The van der Waals surface area contributed by atoms with Gasteiger partial charge in [-0.25, -0.2) is 9.38 Å². The molecule has 0 spiro atoms. The van der Waals surface area contributed by atoms with Crippen molar-refractivity contribution < 1.29 is 14.2 Å². The fourth-order valence-electron chi connectivity index (χ4n) is 2.08. The maximum Gasteiger partial charge on any atom is 0.191 e. The molecule has 1 unspecified atom stereocenters. The number of aliphatic hydroxyl groups excluding tert-OH is 1. The van der Waals surface area contributed by atoms with Crippen molar-refractivity contribution in [2.75, 3.05) is 26.3 Å². The Bertz CT molecular complexity index is 506. The van der Waals surface area contributed by atoms with E-state index in [0.29, 0.717) is 38.1 Å². The van der Waals surface area contributed by atoms with Gasteiger partial charge in [0, 0.05) is 19.7 Å². The molecule has 1 aliphatic rings. The molecule has 0 aliphatic heterocycles. The summed E-state index contributed by atoms with van der Waals surface area (Å²) in [7, 11) is 0. The lowest BCUT2D eigenvalue weighted by molar-refractivity contribution is 0.0345. The van der Waals surface area contributed by atoms with Gasteiger partial charge in [0.05, 0.1) is 19.3 Å². The summed E-state index contributed by atoms with van der Waals surface area (Å²) < 4.78 is 18.6. The number of aliphatic hydroxyl groups is 1. The summed E-state index contributed by atoms with van der Waals surface area (Å²) in [5, 5.41) is 16.1. The van der Waals surface area contributed by atoms with Crippen LogP contribution in [0, 0.1) is 11.7 Å². The van der Waals surface area contributed by atoms with Crippen molar-refractivity contribution in [1.29, 1.82) is 0 Å². The van der Waals surface area contributed by atoms with Crippen LogP contribution in [0.15, 0.2) is 29.3 Å². The fraction of sp³-hybridized carbons (Fsp3) is 0.588. The summed E-state index contributed by atoms with van der Waals surface area (Å²) in [6, 6.07) is 6.38. The Morgan fingerprint density at radius 3 is 2.96 bits per heavy atom. The van der Waals surface area contributed by atoms with Gasteiger partial charge in [-0.15, -0.1) is 0 Å². The zero-order chi connectivity index (χ0) is 16.5. The van der Waals surface area contributed by atoms with Crippen molar-refractivity contribution in [2.45, 2.75) is 32.4 Å². The third-order valence-corrected chi connectivity index (χ3v) is 3.52. The molecule has 5 nitrogen and oxygen atoms in total. The predicted octanol–water partition coefficient (Wildman–Crippen LogP) is 1.67. The first-order valence-electron chi connectivity index (χ1n) is 8.19. The van der Waals surface area contributed by atoms with Gasteiger partial charge in [0.15, 0.2) is 5.96 Å². The molecule has 1 fully saturated rings. The van der Waals surface area contributed by atoms with Crippen LogP contribution >= 0.6 is 0 Å². The molecule has 1 aromatic carbocycles. The lowest BCUT2D eigenvalue weighted by Gasteiger charge is -2.15. The Hall–Kier alpha value is -1.66. The van der Waals surface area contributed by atoms with Gasteiger partial charge < -0.3 is 20.5 Å². The van der Waals surface area contributed by atoms with E-state index in [1.54, 1.807) is 6.07 Å². The van der Waals surface area contributed by atoms with E-state index >= 15 is 0 Å². The molecule has 1 saturated carbocycles. The van der Waals surface area contributed by atoms with Crippen molar-refractivity contribution >= 4 is 5.96 Å². The molecule has 0 saturated heterocycles. The highest BCUT2D eigenvalue weighted by Gasteiger charge is 2.21. The van der Waals surface area contributed by atoms with Gasteiger partial charge in [0.2, 0.25) is 0 Å². The quantitative estimate of drug-likeness (QED) is 0.478. The first-order valence-corrected chi connectivity index (χ1v) is 8.19. The van der Waals surface area contributed by atoms with E-state index in [9.17, 15) is 9.50 Å². The number of hydrogen-bond acceptors (Lipinski definition) is 3. The van der Waals surface area contributed by atoms with Crippen LogP contribution in [0.5, 0.6) is 0 Å². The van der Waals surface area contributed by atoms with Gasteiger partial charge in [0.25, 0.3) is 0 Å². The fourth-order valence-corrected chi connectivity index (χ4v) is 2.08. The van der Waals surface area contributed by atoms with Crippen LogP contribution < -0.4 is 10.6 Å². The van der Waals surface area contributed by atoms with Crippen molar-refractivity contribution in [3.8, 4) is 0 Å². The molecular formula is C17H26FN3O2. The van der Waals surface area contributed by atoms with Crippen molar-refractivity contribution in [3.05, 3.63) is 35.6 Å². The number of halogens is 1.